The summed E-state index contributed by atoms with van der Waals surface area (Å²) in [4.78, 5) is 8.39. The van der Waals surface area contributed by atoms with Crippen LogP contribution in [0, 0.1) is 6.92 Å². The zero-order chi connectivity index (χ0) is 26.3. The average Bonchev–Trinajstić information content (AvgIpc) is 2.69. The van der Waals surface area contributed by atoms with Crippen LogP contribution < -0.4 is 11.1 Å². The summed E-state index contributed by atoms with van der Waals surface area (Å²) in [5.41, 5.74) is 5.33. The van der Waals surface area contributed by atoms with E-state index in [1.54, 1.807) is 13.0 Å². The number of anilines is 1. The van der Waals surface area contributed by atoms with E-state index in [2.05, 4.69) is 15.5 Å². The lowest BCUT2D eigenvalue weighted by Crippen LogP contribution is -2.19. The van der Waals surface area contributed by atoms with E-state index in [-0.39, 0.29) is 11.4 Å². The molecule has 14 nitrogen and oxygen atoms in total. The summed E-state index contributed by atoms with van der Waals surface area (Å²) in [6.07, 6.45) is 0. The summed E-state index contributed by atoms with van der Waals surface area (Å²) in [7, 11) is -15.1. The second-order valence-electron chi connectivity index (χ2n) is 7.10. The molecule has 0 aliphatic rings. The van der Waals surface area contributed by atoms with Crippen LogP contribution in [0.4, 0.5) is 21.9 Å². The van der Waals surface area contributed by atoms with E-state index in [1.807, 2.05) is 0 Å². The SMILES string of the molecule is Cc1ccc(N=Nc2cc3c(S(=O)(=O)O)cc(S(=O)(=O)O)cc3cc2S(=O)(=O)O)c(NC(N)=O)c1. The van der Waals surface area contributed by atoms with E-state index in [4.69, 9.17) is 5.73 Å². The Labute approximate surface area is 198 Å². The average molecular weight is 545 g/mol. The maximum absolute atomic E-state index is 12.0. The molecule has 2 amide bonds. The van der Waals surface area contributed by atoms with Gasteiger partial charge in [0.15, 0.2) is 0 Å². The van der Waals surface area contributed by atoms with Gasteiger partial charge in [-0.3, -0.25) is 13.7 Å². The first-order valence-corrected chi connectivity index (χ1v) is 13.4. The molecule has 0 bridgehead atoms. The number of urea groups is 1. The summed E-state index contributed by atoms with van der Waals surface area (Å²) in [5.74, 6) is 0. The number of aryl methyl sites for hydroxylation is 1. The third-order valence-corrected chi connectivity index (χ3v) is 7.10. The molecule has 0 saturated heterocycles. The van der Waals surface area contributed by atoms with Gasteiger partial charge in [-0.1, -0.05) is 6.07 Å². The maximum atomic E-state index is 12.0. The summed E-state index contributed by atoms with van der Waals surface area (Å²) in [5, 5.41) is 9.07. The summed E-state index contributed by atoms with van der Waals surface area (Å²) in [6, 6.07) is 6.21. The minimum Gasteiger partial charge on any atom is -0.351 e. The summed E-state index contributed by atoms with van der Waals surface area (Å²) < 4.78 is 99.3. The molecule has 0 fully saturated rings. The molecule has 0 atom stereocenters. The highest BCUT2D eigenvalue weighted by Gasteiger charge is 2.24. The van der Waals surface area contributed by atoms with Crippen molar-refractivity contribution < 1.29 is 43.7 Å². The first-order valence-electron chi connectivity index (χ1n) is 9.10. The molecule has 0 spiro atoms. The van der Waals surface area contributed by atoms with Gasteiger partial charge in [0.05, 0.1) is 10.6 Å². The third-order valence-electron chi connectivity index (χ3n) is 4.50. The quantitative estimate of drug-likeness (QED) is 0.224. The Balaban J connectivity index is 2.35. The first kappa shape index (κ1) is 26.1. The minimum absolute atomic E-state index is 0.00695. The van der Waals surface area contributed by atoms with Gasteiger partial charge in [0.2, 0.25) is 0 Å². The van der Waals surface area contributed by atoms with Crippen molar-refractivity contribution in [1.29, 1.82) is 0 Å². The number of hydrogen-bond donors (Lipinski definition) is 5. The van der Waals surface area contributed by atoms with Crippen molar-refractivity contribution >= 4 is 64.2 Å². The van der Waals surface area contributed by atoms with E-state index in [0.29, 0.717) is 17.7 Å². The topological polar surface area (TPSA) is 243 Å². The van der Waals surface area contributed by atoms with Crippen molar-refractivity contribution in [3.63, 3.8) is 0 Å². The van der Waals surface area contributed by atoms with E-state index in [9.17, 15) is 43.7 Å². The maximum Gasteiger partial charge on any atom is 0.316 e. The highest BCUT2D eigenvalue weighted by atomic mass is 32.2. The molecule has 17 heteroatoms. The standard InChI is InChI=1S/C18H16N4O10S3/c1-9-2-3-13(14(4-9)20-18(19)23)21-22-15-8-12-10(6-17(15)35(30,31)32)5-11(33(24,25)26)7-16(12)34(27,28)29/h2-8H,1H3,(H3,19,20,23)(H,24,25,26)(H,27,28,29)(H,30,31,32). The fraction of sp³-hybridized carbons (Fsp3) is 0.0556. The van der Waals surface area contributed by atoms with Crippen molar-refractivity contribution in [2.45, 2.75) is 21.6 Å². The monoisotopic (exact) mass is 544 g/mol. The molecule has 3 rings (SSSR count). The van der Waals surface area contributed by atoms with Gasteiger partial charge in [0.1, 0.15) is 21.2 Å². The van der Waals surface area contributed by atoms with Crippen molar-refractivity contribution in [2.75, 3.05) is 5.32 Å². The fourth-order valence-corrected chi connectivity index (χ4v) is 5.03. The molecule has 186 valence electrons. The molecule has 0 heterocycles. The van der Waals surface area contributed by atoms with Gasteiger partial charge in [-0.15, -0.1) is 10.2 Å². The number of rotatable bonds is 6. The highest BCUT2D eigenvalue weighted by molar-refractivity contribution is 7.87. The largest absolute Gasteiger partial charge is 0.351 e. The molecular formula is C18H16N4O10S3. The Morgan fingerprint density at radius 2 is 1.40 bits per heavy atom. The third kappa shape index (κ3) is 5.96. The smallest absolute Gasteiger partial charge is 0.316 e. The van der Waals surface area contributed by atoms with Crippen LogP contribution in [0.2, 0.25) is 0 Å². The predicted molar refractivity (Wildman–Crippen MR) is 122 cm³/mol. The zero-order valence-corrected chi connectivity index (χ0v) is 19.9. The number of primary amides is 1. The number of nitrogens with two attached hydrogens (primary N) is 1. The minimum atomic E-state index is -5.09. The molecule has 6 N–H and O–H groups in total. The van der Waals surface area contributed by atoms with E-state index >= 15 is 0 Å². The molecule has 3 aromatic carbocycles. The predicted octanol–water partition coefficient (Wildman–Crippen LogP) is 2.79. The molecule has 0 unspecified atom stereocenters. The van der Waals surface area contributed by atoms with Crippen LogP contribution >= 0.6 is 0 Å². The Bertz CT molecular complexity index is 1730. The second kappa shape index (κ2) is 8.95. The number of azo groups is 1. The Kier molecular flexibility index (Phi) is 6.68. The summed E-state index contributed by atoms with van der Waals surface area (Å²) >= 11 is 0. The lowest BCUT2D eigenvalue weighted by Gasteiger charge is -2.10. The second-order valence-corrected chi connectivity index (χ2v) is 11.3. The molecule has 0 aromatic heterocycles. The first-order chi connectivity index (χ1) is 16.0. The lowest BCUT2D eigenvalue weighted by molar-refractivity contribution is 0.259. The van der Waals surface area contributed by atoms with Gasteiger partial charge < -0.3 is 11.1 Å². The van der Waals surface area contributed by atoms with E-state index in [0.717, 1.165) is 12.1 Å². The normalized spacial score (nSPS) is 12.8. The van der Waals surface area contributed by atoms with Crippen molar-refractivity contribution in [2.24, 2.45) is 16.0 Å². The number of nitrogens with one attached hydrogen (secondary N) is 1. The van der Waals surface area contributed by atoms with Crippen LogP contribution in [0.5, 0.6) is 0 Å². The Morgan fingerprint density at radius 3 is 1.94 bits per heavy atom. The van der Waals surface area contributed by atoms with Crippen LogP contribution in [0.3, 0.4) is 0 Å². The van der Waals surface area contributed by atoms with Gasteiger partial charge in [0.25, 0.3) is 30.4 Å². The summed E-state index contributed by atoms with van der Waals surface area (Å²) in [6.45, 7) is 1.70. The van der Waals surface area contributed by atoms with Crippen LogP contribution in [-0.2, 0) is 30.4 Å². The van der Waals surface area contributed by atoms with Gasteiger partial charge in [-0.05, 0) is 54.3 Å². The van der Waals surface area contributed by atoms with Gasteiger partial charge in [-0.25, -0.2) is 4.79 Å². The molecule has 0 saturated carbocycles. The Morgan fingerprint density at radius 1 is 0.800 bits per heavy atom. The number of carbonyl (C=O) groups is 1. The van der Waals surface area contributed by atoms with Gasteiger partial charge in [-0.2, -0.15) is 25.3 Å². The van der Waals surface area contributed by atoms with Gasteiger partial charge in [0, 0.05) is 5.39 Å². The van der Waals surface area contributed by atoms with E-state index in [1.165, 1.54) is 12.1 Å². The van der Waals surface area contributed by atoms with Crippen LogP contribution in [0.15, 0.2) is 67.4 Å². The van der Waals surface area contributed by atoms with E-state index < -0.39 is 67.5 Å². The fourth-order valence-electron chi connectivity index (χ4n) is 3.04. The highest BCUT2D eigenvalue weighted by Crippen LogP contribution is 2.36. The van der Waals surface area contributed by atoms with Crippen LogP contribution in [-0.4, -0.2) is 44.9 Å². The van der Waals surface area contributed by atoms with Crippen molar-refractivity contribution in [1.82, 2.24) is 0 Å². The van der Waals surface area contributed by atoms with Crippen LogP contribution in [0.1, 0.15) is 5.56 Å². The Hall–Kier alpha value is -3.48. The molecule has 0 aliphatic heterocycles. The number of hydrogen-bond acceptors (Lipinski definition) is 9. The van der Waals surface area contributed by atoms with Gasteiger partial charge >= 0.3 is 6.03 Å². The molecule has 3 aromatic rings. The van der Waals surface area contributed by atoms with Crippen molar-refractivity contribution in [3.8, 4) is 0 Å². The van der Waals surface area contributed by atoms with Crippen LogP contribution in [0.25, 0.3) is 10.8 Å². The molecule has 35 heavy (non-hydrogen) atoms. The number of nitrogens with zero attached hydrogens (tertiary/aromatic N) is 2. The number of amides is 2. The lowest BCUT2D eigenvalue weighted by atomic mass is 10.1. The van der Waals surface area contributed by atoms with Crippen molar-refractivity contribution in [3.05, 3.63) is 48.0 Å². The molecular weight excluding hydrogens is 528 g/mol. The number of benzene rings is 3. The number of carbonyl (C=O) groups excluding carboxylic acids is 1. The molecule has 0 radical (unpaired) electrons. The number of fused-ring (bicyclic) bond motifs is 1. The zero-order valence-electron chi connectivity index (χ0n) is 17.4. The molecule has 0 aliphatic carbocycles.